The summed E-state index contributed by atoms with van der Waals surface area (Å²) in [6, 6.07) is 26.6. The molecule has 2 heterocycles. The highest BCUT2D eigenvalue weighted by molar-refractivity contribution is 5.95. The third kappa shape index (κ3) is 4.16. The molecule has 3 aromatic carbocycles. The minimum Gasteiger partial charge on any atom is -0.344 e. The molecule has 1 aliphatic heterocycles. The van der Waals surface area contributed by atoms with Crippen molar-refractivity contribution in [2.45, 2.75) is 58.9 Å². The van der Waals surface area contributed by atoms with Gasteiger partial charge in [-0.3, -0.25) is 0 Å². The summed E-state index contributed by atoms with van der Waals surface area (Å²) in [7, 11) is 0. The predicted octanol–water partition coefficient (Wildman–Crippen LogP) is 8.19. The summed E-state index contributed by atoms with van der Waals surface area (Å²) in [4.78, 5) is 2.57. The predicted molar refractivity (Wildman–Crippen MR) is 151 cm³/mol. The Morgan fingerprint density at radius 2 is 1.57 bits per heavy atom. The number of hydrogen-bond acceptors (Lipinski definition) is 1. The normalized spacial score (nSPS) is 16.1. The van der Waals surface area contributed by atoms with Gasteiger partial charge >= 0.3 is 0 Å². The van der Waals surface area contributed by atoms with Crippen LogP contribution in [0.1, 0.15) is 58.2 Å². The number of pyridine rings is 1. The van der Waals surface area contributed by atoms with E-state index in [0.717, 1.165) is 19.5 Å². The average Bonchev–Trinajstić information content (AvgIpc) is 3.10. The number of nitrogens with zero attached hydrogens (tertiary/aromatic N) is 2. The number of aromatic nitrogens is 1. The molecule has 178 valence electrons. The molecular formula is C33H37N2+. The number of hydrogen-bond donors (Lipinski definition) is 0. The Balaban J connectivity index is 1.59. The average molecular weight is 462 g/mol. The molecule has 35 heavy (non-hydrogen) atoms. The van der Waals surface area contributed by atoms with E-state index in [0.29, 0.717) is 0 Å². The largest absolute Gasteiger partial charge is 0.344 e. The summed E-state index contributed by atoms with van der Waals surface area (Å²) in [6.07, 6.45) is 10.4. The summed E-state index contributed by atoms with van der Waals surface area (Å²) in [5.74, 6) is 0. The Bertz CT molecular complexity index is 1420. The summed E-state index contributed by atoms with van der Waals surface area (Å²) in [6.45, 7) is 11.4. The molecule has 0 radical (unpaired) electrons. The summed E-state index contributed by atoms with van der Waals surface area (Å²) in [5, 5.41) is 3.99. The van der Waals surface area contributed by atoms with E-state index in [1.54, 1.807) is 0 Å². The molecule has 2 heteroatoms. The third-order valence-electron chi connectivity index (χ3n) is 7.43. The first-order valence-corrected chi connectivity index (χ1v) is 13.2. The van der Waals surface area contributed by atoms with Crippen LogP contribution in [0.3, 0.4) is 0 Å². The van der Waals surface area contributed by atoms with Crippen LogP contribution in [0.4, 0.5) is 5.69 Å². The van der Waals surface area contributed by atoms with Gasteiger partial charge < -0.3 is 4.90 Å². The van der Waals surface area contributed by atoms with Crippen LogP contribution in [0.15, 0.2) is 90.6 Å². The third-order valence-corrected chi connectivity index (χ3v) is 7.43. The molecule has 0 N–H and O–H groups in total. The highest BCUT2D eigenvalue weighted by Gasteiger charge is 2.40. The van der Waals surface area contributed by atoms with Crippen molar-refractivity contribution in [3.63, 3.8) is 0 Å². The second-order valence-electron chi connectivity index (χ2n) is 10.2. The van der Waals surface area contributed by atoms with E-state index in [2.05, 4.69) is 128 Å². The second kappa shape index (κ2) is 9.70. The number of aryl methyl sites for hydroxylation is 1. The van der Waals surface area contributed by atoms with Crippen molar-refractivity contribution in [2.24, 2.45) is 0 Å². The lowest BCUT2D eigenvalue weighted by Gasteiger charge is -2.27. The Morgan fingerprint density at radius 3 is 2.37 bits per heavy atom. The number of fused-ring (bicyclic) bond motifs is 4. The fourth-order valence-corrected chi connectivity index (χ4v) is 5.73. The standard InChI is InChI=1S/C33H37N2/c1-5-7-24-35-30-22-20-25-13-8-10-16-28(25)32(30)33(3,4)31(35)18-12-15-27-21-19-26-14-9-11-17-29(26)34(27)23-6-2/h8-22H,5-7,23-24H2,1-4H3/q+1. The van der Waals surface area contributed by atoms with Gasteiger partial charge in [0, 0.05) is 53.4 Å². The van der Waals surface area contributed by atoms with E-state index in [-0.39, 0.29) is 5.41 Å². The van der Waals surface area contributed by atoms with E-state index in [4.69, 9.17) is 0 Å². The number of anilines is 1. The number of unbranched alkanes of at least 4 members (excludes halogenated alkanes) is 1. The first-order chi connectivity index (χ1) is 17.1. The molecule has 0 unspecified atom stereocenters. The van der Waals surface area contributed by atoms with Gasteiger partial charge in [0.2, 0.25) is 11.2 Å². The number of para-hydroxylation sites is 1. The van der Waals surface area contributed by atoms with Gasteiger partial charge in [0.05, 0.1) is 0 Å². The van der Waals surface area contributed by atoms with E-state index < -0.39 is 0 Å². The molecule has 2 nitrogen and oxygen atoms in total. The number of rotatable bonds is 7. The minimum atomic E-state index is -0.0585. The monoisotopic (exact) mass is 461 g/mol. The zero-order valence-electron chi connectivity index (χ0n) is 21.6. The topological polar surface area (TPSA) is 7.12 Å². The Morgan fingerprint density at radius 1 is 0.829 bits per heavy atom. The molecule has 0 saturated heterocycles. The molecule has 4 aromatic rings. The summed E-state index contributed by atoms with van der Waals surface area (Å²) < 4.78 is 2.45. The van der Waals surface area contributed by atoms with E-state index in [9.17, 15) is 0 Å². The first kappa shape index (κ1) is 23.4. The molecule has 0 bridgehead atoms. The smallest absolute Gasteiger partial charge is 0.212 e. The van der Waals surface area contributed by atoms with Crippen molar-refractivity contribution in [2.75, 3.05) is 11.4 Å². The fourth-order valence-electron chi connectivity index (χ4n) is 5.73. The Hall–Kier alpha value is -3.39. The molecule has 0 fully saturated rings. The maximum atomic E-state index is 2.57. The maximum absolute atomic E-state index is 2.57. The van der Waals surface area contributed by atoms with Crippen LogP contribution >= 0.6 is 0 Å². The van der Waals surface area contributed by atoms with Gasteiger partial charge in [0.1, 0.15) is 6.54 Å². The molecule has 5 rings (SSSR count). The van der Waals surface area contributed by atoms with Crippen molar-refractivity contribution in [3.8, 4) is 0 Å². The summed E-state index contributed by atoms with van der Waals surface area (Å²) >= 11 is 0. The van der Waals surface area contributed by atoms with Crippen LogP contribution in [-0.2, 0) is 12.0 Å². The molecule has 0 spiro atoms. The minimum absolute atomic E-state index is 0.0585. The first-order valence-electron chi connectivity index (χ1n) is 13.2. The maximum Gasteiger partial charge on any atom is 0.212 e. The van der Waals surface area contributed by atoms with Gasteiger partial charge in [-0.25, -0.2) is 0 Å². The van der Waals surface area contributed by atoms with Gasteiger partial charge in [-0.1, -0.05) is 82.7 Å². The van der Waals surface area contributed by atoms with Gasteiger partial charge in [-0.05, 0) is 47.0 Å². The highest BCUT2D eigenvalue weighted by atomic mass is 15.2. The van der Waals surface area contributed by atoms with E-state index >= 15 is 0 Å². The zero-order chi connectivity index (χ0) is 24.4. The quantitative estimate of drug-likeness (QED) is 0.252. The van der Waals surface area contributed by atoms with Gasteiger partial charge in [0.15, 0.2) is 0 Å². The van der Waals surface area contributed by atoms with Crippen molar-refractivity contribution >= 4 is 33.4 Å². The fraction of sp³-hybridized carbons (Fsp3) is 0.303. The van der Waals surface area contributed by atoms with E-state index in [1.807, 2.05) is 0 Å². The molecular weight excluding hydrogens is 424 g/mol. The molecule has 0 aliphatic carbocycles. The molecule has 1 aromatic heterocycles. The van der Waals surface area contributed by atoms with Crippen molar-refractivity contribution in [1.29, 1.82) is 0 Å². The SMILES string of the molecule is CCCCN1/C(=C/C=C/c2ccc3ccccc3[n+]2CCC)C(C)(C)c2c1ccc1ccccc21. The van der Waals surface area contributed by atoms with Crippen molar-refractivity contribution in [3.05, 3.63) is 102 Å². The van der Waals surface area contributed by atoms with Crippen molar-refractivity contribution in [1.82, 2.24) is 0 Å². The second-order valence-corrected chi connectivity index (χ2v) is 10.2. The van der Waals surface area contributed by atoms with Gasteiger partial charge in [0.25, 0.3) is 0 Å². The Kier molecular flexibility index (Phi) is 6.47. The van der Waals surface area contributed by atoms with E-state index in [1.165, 1.54) is 57.2 Å². The molecule has 0 atom stereocenters. The number of allylic oxidation sites excluding steroid dienone is 3. The van der Waals surface area contributed by atoms with Crippen LogP contribution in [0.25, 0.3) is 27.8 Å². The lowest BCUT2D eigenvalue weighted by molar-refractivity contribution is -0.673. The lowest BCUT2D eigenvalue weighted by atomic mass is 9.81. The van der Waals surface area contributed by atoms with Crippen LogP contribution in [-0.4, -0.2) is 6.54 Å². The van der Waals surface area contributed by atoms with Crippen LogP contribution in [0, 0.1) is 0 Å². The van der Waals surface area contributed by atoms with Crippen molar-refractivity contribution < 1.29 is 4.57 Å². The van der Waals surface area contributed by atoms with Gasteiger partial charge in [-0.15, -0.1) is 0 Å². The van der Waals surface area contributed by atoms with Gasteiger partial charge in [-0.2, -0.15) is 4.57 Å². The number of benzene rings is 3. The highest BCUT2D eigenvalue weighted by Crippen LogP contribution is 2.50. The molecule has 0 saturated carbocycles. The molecule has 1 aliphatic rings. The van der Waals surface area contributed by atoms with Crippen LogP contribution in [0.5, 0.6) is 0 Å². The van der Waals surface area contributed by atoms with Crippen LogP contribution in [0.2, 0.25) is 0 Å². The summed E-state index contributed by atoms with van der Waals surface area (Å²) in [5.41, 5.74) is 6.70. The Labute approximate surface area is 210 Å². The zero-order valence-corrected chi connectivity index (χ0v) is 21.6. The van der Waals surface area contributed by atoms with Crippen LogP contribution < -0.4 is 9.47 Å². The molecule has 0 amide bonds. The lowest BCUT2D eigenvalue weighted by Crippen LogP contribution is -2.37.